The fraction of sp³-hybridized carbons (Fsp3) is 0.417. The number of benzene rings is 1. The summed E-state index contributed by atoms with van der Waals surface area (Å²) in [5, 5.41) is 12.1. The lowest BCUT2D eigenvalue weighted by molar-refractivity contribution is -0.123. The van der Waals surface area contributed by atoms with E-state index in [1.54, 1.807) is 25.3 Å². The van der Waals surface area contributed by atoms with Gasteiger partial charge in [0.2, 0.25) is 0 Å². The molecule has 0 spiro atoms. The van der Waals surface area contributed by atoms with E-state index in [1.165, 1.54) is 6.07 Å². The summed E-state index contributed by atoms with van der Waals surface area (Å²) < 4.78 is 10.0. The molecule has 0 fully saturated rings. The molecule has 0 bridgehead atoms. The average Bonchev–Trinajstić information content (AvgIpc) is 2.34. The van der Waals surface area contributed by atoms with Gasteiger partial charge in [-0.2, -0.15) is 0 Å². The molecule has 1 aromatic carbocycles. The Morgan fingerprint density at radius 2 is 2.18 bits per heavy atom. The van der Waals surface area contributed by atoms with Gasteiger partial charge >= 0.3 is 0 Å². The molecule has 0 aromatic heterocycles. The van der Waals surface area contributed by atoms with Crippen LogP contribution in [0.15, 0.2) is 24.3 Å². The zero-order chi connectivity index (χ0) is 12.5. The lowest BCUT2D eigenvalue weighted by atomic mass is 10.3. The molecule has 94 valence electrons. The molecule has 0 atom stereocenters. The minimum absolute atomic E-state index is 0.0275. The molecule has 5 heteroatoms. The van der Waals surface area contributed by atoms with Crippen LogP contribution in [-0.4, -0.2) is 37.9 Å². The Kier molecular flexibility index (Phi) is 5.88. The van der Waals surface area contributed by atoms with Gasteiger partial charge in [0.05, 0.1) is 0 Å². The van der Waals surface area contributed by atoms with Crippen LogP contribution in [0.4, 0.5) is 0 Å². The highest BCUT2D eigenvalue weighted by molar-refractivity contribution is 5.77. The number of hydrogen-bond donors (Lipinski definition) is 2. The highest BCUT2D eigenvalue weighted by Gasteiger charge is 2.04. The van der Waals surface area contributed by atoms with Crippen molar-refractivity contribution in [1.82, 2.24) is 5.32 Å². The monoisotopic (exact) mass is 239 g/mol. The second kappa shape index (κ2) is 7.51. The lowest BCUT2D eigenvalue weighted by Gasteiger charge is -2.08. The summed E-state index contributed by atoms with van der Waals surface area (Å²) >= 11 is 0. The number of hydrogen-bond acceptors (Lipinski definition) is 4. The number of carbonyl (C=O) groups is 1. The molecular formula is C12H17NO4. The van der Waals surface area contributed by atoms with Gasteiger partial charge in [-0.3, -0.25) is 4.79 Å². The van der Waals surface area contributed by atoms with E-state index in [2.05, 4.69) is 5.32 Å². The van der Waals surface area contributed by atoms with Crippen molar-refractivity contribution in [1.29, 1.82) is 0 Å². The third-order valence-electron chi connectivity index (χ3n) is 2.07. The zero-order valence-electron chi connectivity index (χ0n) is 9.81. The van der Waals surface area contributed by atoms with Crippen LogP contribution in [0.3, 0.4) is 0 Å². The van der Waals surface area contributed by atoms with Crippen LogP contribution < -0.4 is 10.1 Å². The molecule has 0 heterocycles. The second-order valence-electron chi connectivity index (χ2n) is 3.45. The topological polar surface area (TPSA) is 67.8 Å². The summed E-state index contributed by atoms with van der Waals surface area (Å²) in [4.78, 5) is 11.3. The summed E-state index contributed by atoms with van der Waals surface area (Å²) in [5.74, 6) is 0.114. The van der Waals surface area contributed by atoms with Gasteiger partial charge in [0.25, 0.3) is 5.91 Å². The van der Waals surface area contributed by atoms with E-state index in [0.29, 0.717) is 18.9 Å². The van der Waals surface area contributed by atoms with Crippen molar-refractivity contribution in [3.63, 3.8) is 0 Å². The normalized spacial score (nSPS) is 9.94. The Bertz CT molecular complexity index is 354. The Hall–Kier alpha value is -1.75. The fourth-order valence-electron chi connectivity index (χ4n) is 1.22. The molecule has 0 saturated heterocycles. The maximum atomic E-state index is 11.3. The third kappa shape index (κ3) is 5.21. The number of phenols is 1. The molecular weight excluding hydrogens is 222 g/mol. The first kappa shape index (κ1) is 13.3. The van der Waals surface area contributed by atoms with Gasteiger partial charge in [0.1, 0.15) is 0 Å². The summed E-state index contributed by atoms with van der Waals surface area (Å²) in [6, 6.07) is 6.53. The van der Waals surface area contributed by atoms with E-state index >= 15 is 0 Å². The van der Waals surface area contributed by atoms with Crippen molar-refractivity contribution in [2.75, 3.05) is 26.9 Å². The van der Waals surface area contributed by atoms with E-state index in [4.69, 9.17) is 9.47 Å². The first-order valence-corrected chi connectivity index (χ1v) is 5.40. The highest BCUT2D eigenvalue weighted by atomic mass is 16.5. The molecule has 0 unspecified atom stereocenters. The number of amides is 1. The Balaban J connectivity index is 2.22. The SMILES string of the molecule is COCCCNC(=O)COc1ccccc1O. The number of para-hydroxylation sites is 2. The number of aromatic hydroxyl groups is 1. The van der Waals surface area contributed by atoms with E-state index in [-0.39, 0.29) is 18.3 Å². The smallest absolute Gasteiger partial charge is 0.257 e. The molecule has 1 aromatic rings. The fourth-order valence-corrected chi connectivity index (χ4v) is 1.22. The molecule has 17 heavy (non-hydrogen) atoms. The Morgan fingerprint density at radius 3 is 2.88 bits per heavy atom. The molecule has 0 saturated carbocycles. The van der Waals surface area contributed by atoms with Crippen LogP contribution in [0.25, 0.3) is 0 Å². The molecule has 2 N–H and O–H groups in total. The first-order valence-electron chi connectivity index (χ1n) is 5.40. The van der Waals surface area contributed by atoms with Gasteiger partial charge < -0.3 is 19.9 Å². The van der Waals surface area contributed by atoms with Crippen LogP contribution in [0, 0.1) is 0 Å². The predicted octanol–water partition coefficient (Wildman–Crippen LogP) is 0.924. The van der Waals surface area contributed by atoms with Crippen molar-refractivity contribution >= 4 is 5.91 Å². The van der Waals surface area contributed by atoms with Crippen molar-refractivity contribution in [2.24, 2.45) is 0 Å². The quantitative estimate of drug-likeness (QED) is 0.694. The average molecular weight is 239 g/mol. The molecule has 0 radical (unpaired) electrons. The number of phenolic OH excluding ortho intramolecular Hbond substituents is 1. The standard InChI is InChI=1S/C12H17NO4/c1-16-8-4-7-13-12(15)9-17-11-6-3-2-5-10(11)14/h2-3,5-6,14H,4,7-9H2,1H3,(H,13,15). The van der Waals surface area contributed by atoms with E-state index in [1.807, 2.05) is 0 Å². The van der Waals surface area contributed by atoms with Crippen molar-refractivity contribution in [3.8, 4) is 11.5 Å². The predicted molar refractivity (Wildman–Crippen MR) is 63.1 cm³/mol. The maximum Gasteiger partial charge on any atom is 0.257 e. The molecule has 0 aliphatic rings. The van der Waals surface area contributed by atoms with Crippen molar-refractivity contribution in [2.45, 2.75) is 6.42 Å². The number of carbonyl (C=O) groups excluding carboxylic acids is 1. The van der Waals surface area contributed by atoms with Gasteiger partial charge in [-0.15, -0.1) is 0 Å². The number of rotatable bonds is 7. The van der Waals surface area contributed by atoms with Crippen molar-refractivity contribution < 1.29 is 19.4 Å². The number of methoxy groups -OCH3 is 1. The van der Waals surface area contributed by atoms with Gasteiger partial charge in [0.15, 0.2) is 18.1 Å². The Labute approximate surface area is 100 Å². The van der Waals surface area contributed by atoms with Gasteiger partial charge in [-0.1, -0.05) is 12.1 Å². The van der Waals surface area contributed by atoms with Crippen LogP contribution >= 0.6 is 0 Å². The zero-order valence-corrected chi connectivity index (χ0v) is 9.81. The lowest BCUT2D eigenvalue weighted by Crippen LogP contribution is -2.30. The molecule has 0 aliphatic heterocycles. The van der Waals surface area contributed by atoms with Crippen LogP contribution in [0.2, 0.25) is 0 Å². The summed E-state index contributed by atoms with van der Waals surface area (Å²) in [7, 11) is 1.61. The summed E-state index contributed by atoms with van der Waals surface area (Å²) in [6.07, 6.45) is 0.763. The minimum atomic E-state index is -0.218. The second-order valence-corrected chi connectivity index (χ2v) is 3.45. The molecule has 1 rings (SSSR count). The van der Waals surface area contributed by atoms with Gasteiger partial charge in [-0.05, 0) is 18.6 Å². The van der Waals surface area contributed by atoms with E-state index in [9.17, 15) is 9.90 Å². The van der Waals surface area contributed by atoms with E-state index < -0.39 is 0 Å². The summed E-state index contributed by atoms with van der Waals surface area (Å²) in [5.41, 5.74) is 0. The number of ether oxygens (including phenoxy) is 2. The van der Waals surface area contributed by atoms with Crippen LogP contribution in [-0.2, 0) is 9.53 Å². The van der Waals surface area contributed by atoms with Crippen molar-refractivity contribution in [3.05, 3.63) is 24.3 Å². The first-order chi connectivity index (χ1) is 8.24. The van der Waals surface area contributed by atoms with Crippen LogP contribution in [0.5, 0.6) is 11.5 Å². The van der Waals surface area contributed by atoms with Gasteiger partial charge in [0, 0.05) is 20.3 Å². The van der Waals surface area contributed by atoms with E-state index in [0.717, 1.165) is 6.42 Å². The Morgan fingerprint density at radius 1 is 1.41 bits per heavy atom. The molecule has 0 aliphatic carbocycles. The number of nitrogens with one attached hydrogen (secondary N) is 1. The largest absolute Gasteiger partial charge is 0.504 e. The molecule has 5 nitrogen and oxygen atoms in total. The highest BCUT2D eigenvalue weighted by Crippen LogP contribution is 2.23. The third-order valence-corrected chi connectivity index (χ3v) is 2.07. The van der Waals surface area contributed by atoms with Gasteiger partial charge in [-0.25, -0.2) is 0 Å². The summed E-state index contributed by atoms with van der Waals surface area (Å²) in [6.45, 7) is 1.06. The van der Waals surface area contributed by atoms with Crippen LogP contribution in [0.1, 0.15) is 6.42 Å². The minimum Gasteiger partial charge on any atom is -0.504 e. The molecule has 1 amide bonds. The maximum absolute atomic E-state index is 11.3.